The van der Waals surface area contributed by atoms with Crippen LogP contribution in [0.15, 0.2) is 24.3 Å². The number of halogens is 1. The minimum absolute atomic E-state index is 0.0204. The summed E-state index contributed by atoms with van der Waals surface area (Å²) in [6, 6.07) is 7.64. The Morgan fingerprint density at radius 3 is 2.67 bits per heavy atom. The van der Waals surface area contributed by atoms with E-state index >= 15 is 0 Å². The zero-order valence-corrected chi connectivity index (χ0v) is 12.1. The van der Waals surface area contributed by atoms with E-state index in [1.807, 2.05) is 31.3 Å². The normalized spacial score (nSPS) is 13.9. The zero-order valence-electron chi connectivity index (χ0n) is 11.4. The van der Waals surface area contributed by atoms with E-state index in [1.165, 1.54) is 0 Å². The molecule has 1 aromatic rings. The van der Waals surface area contributed by atoms with E-state index in [-0.39, 0.29) is 6.04 Å². The van der Waals surface area contributed by atoms with Crippen molar-refractivity contribution in [2.24, 2.45) is 5.73 Å². The molecule has 102 valence electrons. The molecule has 4 heteroatoms. The molecule has 0 aromatic heterocycles. The lowest BCUT2D eigenvalue weighted by Crippen LogP contribution is -2.37. The van der Waals surface area contributed by atoms with Gasteiger partial charge in [0.05, 0.1) is 5.60 Å². The number of rotatable bonds is 6. The molecule has 3 nitrogen and oxygen atoms in total. The fraction of sp³-hybridized carbons (Fsp3) is 0.571. The second-order valence-electron chi connectivity index (χ2n) is 5.50. The van der Waals surface area contributed by atoms with Crippen LogP contribution in [0.1, 0.15) is 31.9 Å². The Bertz CT molecular complexity index is 376. The second-order valence-corrected chi connectivity index (χ2v) is 5.94. The summed E-state index contributed by atoms with van der Waals surface area (Å²) >= 11 is 5.94. The minimum atomic E-state index is -0.672. The lowest BCUT2D eigenvalue weighted by Gasteiger charge is -2.26. The smallest absolute Gasteiger partial charge is 0.0718 e. The van der Waals surface area contributed by atoms with E-state index < -0.39 is 5.60 Å². The van der Waals surface area contributed by atoms with Crippen molar-refractivity contribution >= 4 is 11.6 Å². The molecule has 3 N–H and O–H groups in total. The molecule has 18 heavy (non-hydrogen) atoms. The van der Waals surface area contributed by atoms with Gasteiger partial charge in [0, 0.05) is 17.6 Å². The van der Waals surface area contributed by atoms with Crippen molar-refractivity contribution in [2.45, 2.75) is 31.9 Å². The summed E-state index contributed by atoms with van der Waals surface area (Å²) in [6.07, 6.45) is 0.840. The van der Waals surface area contributed by atoms with Gasteiger partial charge in [-0.15, -0.1) is 0 Å². The molecule has 1 aromatic carbocycles. The fourth-order valence-corrected chi connectivity index (χ4v) is 2.20. The summed E-state index contributed by atoms with van der Waals surface area (Å²) in [5, 5.41) is 10.4. The summed E-state index contributed by atoms with van der Waals surface area (Å²) in [5.74, 6) is 0. The highest BCUT2D eigenvalue weighted by Crippen LogP contribution is 2.18. The molecule has 0 aliphatic carbocycles. The first-order chi connectivity index (χ1) is 8.28. The van der Waals surface area contributed by atoms with Crippen molar-refractivity contribution in [3.8, 4) is 0 Å². The van der Waals surface area contributed by atoms with Gasteiger partial charge in [-0.2, -0.15) is 0 Å². The molecule has 1 unspecified atom stereocenters. The Labute approximate surface area is 115 Å². The van der Waals surface area contributed by atoms with E-state index in [0.717, 1.165) is 18.5 Å². The zero-order chi connectivity index (χ0) is 13.8. The molecule has 0 aliphatic rings. The Kier molecular flexibility index (Phi) is 5.60. The van der Waals surface area contributed by atoms with Crippen LogP contribution in [-0.2, 0) is 0 Å². The first-order valence-electron chi connectivity index (χ1n) is 6.20. The van der Waals surface area contributed by atoms with E-state index in [4.69, 9.17) is 17.3 Å². The van der Waals surface area contributed by atoms with Gasteiger partial charge in [-0.05, 0) is 51.6 Å². The molecule has 0 aliphatic heterocycles. The average molecular weight is 271 g/mol. The monoisotopic (exact) mass is 270 g/mol. The van der Waals surface area contributed by atoms with Crippen molar-refractivity contribution < 1.29 is 5.11 Å². The largest absolute Gasteiger partial charge is 0.389 e. The predicted octanol–water partition coefficient (Wildman–Crippen LogP) is 2.43. The molecule has 0 saturated heterocycles. The van der Waals surface area contributed by atoms with Gasteiger partial charge in [0.15, 0.2) is 0 Å². The number of hydrogen-bond donors (Lipinski definition) is 2. The molecule has 1 atom stereocenters. The number of aliphatic hydroxyl groups is 1. The number of likely N-dealkylation sites (N-methyl/N-ethyl adjacent to an activating group) is 1. The SMILES string of the molecule is CN(CCC(N)c1cccc(Cl)c1)CC(C)(C)O. The average Bonchev–Trinajstić information content (AvgIpc) is 2.23. The molecule has 0 amide bonds. The first kappa shape index (κ1) is 15.4. The minimum Gasteiger partial charge on any atom is -0.389 e. The number of nitrogens with two attached hydrogens (primary N) is 1. The van der Waals surface area contributed by atoms with Crippen LogP contribution in [0.4, 0.5) is 0 Å². The maximum Gasteiger partial charge on any atom is 0.0718 e. The van der Waals surface area contributed by atoms with Crippen LogP contribution >= 0.6 is 11.6 Å². The van der Waals surface area contributed by atoms with Crippen molar-refractivity contribution in [3.05, 3.63) is 34.9 Å². The summed E-state index contributed by atoms with van der Waals surface area (Å²) in [7, 11) is 1.99. The number of benzene rings is 1. The number of hydrogen-bond acceptors (Lipinski definition) is 3. The van der Waals surface area contributed by atoms with Crippen LogP contribution in [0.5, 0.6) is 0 Å². The van der Waals surface area contributed by atoms with Crippen molar-refractivity contribution in [3.63, 3.8) is 0 Å². The lowest BCUT2D eigenvalue weighted by molar-refractivity contribution is 0.0438. The van der Waals surface area contributed by atoms with Gasteiger partial charge in [-0.25, -0.2) is 0 Å². The quantitative estimate of drug-likeness (QED) is 0.835. The van der Waals surface area contributed by atoms with Gasteiger partial charge in [0.25, 0.3) is 0 Å². The Morgan fingerprint density at radius 1 is 1.44 bits per heavy atom. The van der Waals surface area contributed by atoms with Crippen molar-refractivity contribution in [1.29, 1.82) is 0 Å². The first-order valence-corrected chi connectivity index (χ1v) is 6.58. The molecule has 0 radical (unpaired) electrons. The third-order valence-corrected chi connectivity index (χ3v) is 2.99. The topological polar surface area (TPSA) is 49.5 Å². The van der Waals surface area contributed by atoms with Crippen molar-refractivity contribution in [2.75, 3.05) is 20.1 Å². The lowest BCUT2D eigenvalue weighted by atomic mass is 10.0. The van der Waals surface area contributed by atoms with Crippen LogP contribution in [0, 0.1) is 0 Å². The van der Waals surface area contributed by atoms with Crippen LogP contribution in [-0.4, -0.2) is 35.7 Å². The third kappa shape index (κ3) is 5.83. The standard InChI is InChI=1S/C14H23ClN2O/c1-14(2,18)10-17(3)8-7-13(16)11-5-4-6-12(15)9-11/h4-6,9,13,18H,7-8,10,16H2,1-3H3. The Morgan fingerprint density at radius 2 is 2.11 bits per heavy atom. The molecule has 0 heterocycles. The molecule has 1 rings (SSSR count). The van der Waals surface area contributed by atoms with E-state index in [9.17, 15) is 5.11 Å². The van der Waals surface area contributed by atoms with Crippen LogP contribution in [0.25, 0.3) is 0 Å². The van der Waals surface area contributed by atoms with Gasteiger partial charge >= 0.3 is 0 Å². The summed E-state index contributed by atoms with van der Waals surface area (Å²) in [6.45, 7) is 5.09. The summed E-state index contributed by atoms with van der Waals surface area (Å²) < 4.78 is 0. The van der Waals surface area contributed by atoms with Crippen molar-refractivity contribution in [1.82, 2.24) is 4.90 Å². The highest BCUT2D eigenvalue weighted by molar-refractivity contribution is 6.30. The third-order valence-electron chi connectivity index (χ3n) is 2.76. The van der Waals surface area contributed by atoms with Gasteiger partial charge in [0.1, 0.15) is 0 Å². The second kappa shape index (κ2) is 6.53. The molecule has 0 bridgehead atoms. The maximum absolute atomic E-state index is 9.72. The van der Waals surface area contributed by atoms with Crippen LogP contribution in [0.3, 0.4) is 0 Å². The maximum atomic E-state index is 9.72. The van der Waals surface area contributed by atoms with Crippen LogP contribution in [0.2, 0.25) is 5.02 Å². The van der Waals surface area contributed by atoms with Gasteiger partial charge in [-0.3, -0.25) is 0 Å². The van der Waals surface area contributed by atoms with Gasteiger partial charge in [-0.1, -0.05) is 23.7 Å². The van der Waals surface area contributed by atoms with E-state index in [2.05, 4.69) is 4.90 Å². The molecular weight excluding hydrogens is 248 g/mol. The fourth-order valence-electron chi connectivity index (χ4n) is 2.00. The van der Waals surface area contributed by atoms with Gasteiger partial charge < -0.3 is 15.7 Å². The Balaban J connectivity index is 2.44. The van der Waals surface area contributed by atoms with E-state index in [0.29, 0.717) is 11.6 Å². The Hall–Kier alpha value is -0.610. The molecular formula is C14H23ClN2O. The summed E-state index contributed by atoms with van der Waals surface area (Å²) in [5.41, 5.74) is 6.51. The highest BCUT2D eigenvalue weighted by Gasteiger charge is 2.16. The summed E-state index contributed by atoms with van der Waals surface area (Å²) in [4.78, 5) is 2.09. The molecule has 0 fully saturated rings. The van der Waals surface area contributed by atoms with Crippen LogP contribution < -0.4 is 5.73 Å². The predicted molar refractivity (Wildman–Crippen MR) is 76.8 cm³/mol. The number of nitrogens with zero attached hydrogens (tertiary/aromatic N) is 1. The molecule has 0 spiro atoms. The molecule has 0 saturated carbocycles. The van der Waals surface area contributed by atoms with Gasteiger partial charge in [0.2, 0.25) is 0 Å². The highest BCUT2D eigenvalue weighted by atomic mass is 35.5. The van der Waals surface area contributed by atoms with E-state index in [1.54, 1.807) is 13.8 Å².